The van der Waals surface area contributed by atoms with Crippen LogP contribution in [0.15, 0.2) is 88.0 Å². The fourth-order valence-corrected chi connectivity index (χ4v) is 4.18. The second kappa shape index (κ2) is 7.88. The van der Waals surface area contributed by atoms with Crippen LogP contribution < -0.4 is 15.4 Å². The third kappa shape index (κ3) is 3.58. The molecule has 30 heavy (non-hydrogen) atoms. The zero-order valence-corrected chi connectivity index (χ0v) is 16.7. The number of aliphatic imine (C=N–C) groups is 1. The highest BCUT2D eigenvalue weighted by Gasteiger charge is 2.13. The highest BCUT2D eigenvalue weighted by molar-refractivity contribution is 7.10. The molecule has 0 spiro atoms. The van der Waals surface area contributed by atoms with E-state index in [2.05, 4.69) is 15.0 Å². The fraction of sp³-hybridized carbons (Fsp3) is 0.0435. The van der Waals surface area contributed by atoms with E-state index in [0.717, 1.165) is 32.4 Å². The Kier molecular flexibility index (Phi) is 4.78. The van der Waals surface area contributed by atoms with Gasteiger partial charge in [-0.2, -0.15) is 0 Å². The lowest BCUT2D eigenvalue weighted by molar-refractivity contribution is 0.439. The summed E-state index contributed by atoms with van der Waals surface area (Å²) in [5.41, 5.74) is 2.70. The Bertz CT molecular complexity index is 1420. The Morgan fingerprint density at radius 2 is 1.97 bits per heavy atom. The topological polar surface area (TPSA) is 75.1 Å². The maximum Gasteiger partial charge on any atom is 0.215 e. The molecule has 3 heterocycles. The number of rotatable bonds is 4. The largest absolute Gasteiger partial charge is 0.493 e. The van der Waals surface area contributed by atoms with Crippen molar-refractivity contribution in [3.8, 4) is 11.6 Å². The van der Waals surface area contributed by atoms with E-state index in [9.17, 15) is 5.11 Å². The van der Waals surface area contributed by atoms with Gasteiger partial charge in [-0.05, 0) is 47.2 Å². The molecule has 2 aromatic carbocycles. The number of hydrogen-bond acceptors (Lipinski definition) is 6. The van der Waals surface area contributed by atoms with Crippen LogP contribution in [-0.4, -0.2) is 21.0 Å². The third-order valence-corrected chi connectivity index (χ3v) is 5.66. The molecule has 2 aromatic heterocycles. The number of nitrogens with zero attached hydrogens (tertiary/aromatic N) is 5. The van der Waals surface area contributed by atoms with Crippen LogP contribution in [0, 0.1) is 0 Å². The van der Waals surface area contributed by atoms with E-state index in [1.807, 2.05) is 66.7 Å². The lowest BCUT2D eigenvalue weighted by Gasteiger charge is -2.04. The molecule has 0 radical (unpaired) electrons. The molecule has 1 aliphatic rings. The molecule has 7 heteroatoms. The van der Waals surface area contributed by atoms with E-state index in [1.165, 1.54) is 11.3 Å². The predicted octanol–water partition coefficient (Wildman–Crippen LogP) is 2.86. The van der Waals surface area contributed by atoms with Crippen LogP contribution in [0.5, 0.6) is 5.88 Å². The predicted molar refractivity (Wildman–Crippen MR) is 118 cm³/mol. The van der Waals surface area contributed by atoms with Crippen molar-refractivity contribution in [1.29, 1.82) is 0 Å². The molecule has 1 N–H and O–H groups in total. The van der Waals surface area contributed by atoms with Crippen molar-refractivity contribution >= 4 is 29.4 Å². The minimum absolute atomic E-state index is 0.157. The van der Waals surface area contributed by atoms with Crippen LogP contribution in [0.3, 0.4) is 0 Å². The minimum Gasteiger partial charge on any atom is -0.493 e. The van der Waals surface area contributed by atoms with Gasteiger partial charge in [0.15, 0.2) is 4.80 Å². The van der Waals surface area contributed by atoms with Gasteiger partial charge in [-0.1, -0.05) is 41.7 Å². The molecule has 6 nitrogen and oxygen atoms in total. The Balaban J connectivity index is 1.64. The monoisotopic (exact) mass is 411 g/mol. The molecular weight excluding hydrogens is 394 g/mol. The summed E-state index contributed by atoms with van der Waals surface area (Å²) in [6.07, 6.45) is 7.03. The number of pyridine rings is 1. The van der Waals surface area contributed by atoms with Gasteiger partial charge in [-0.15, -0.1) is 0 Å². The van der Waals surface area contributed by atoms with Gasteiger partial charge in [0.2, 0.25) is 5.88 Å². The summed E-state index contributed by atoms with van der Waals surface area (Å²) in [5, 5.41) is 12.8. The number of benzene rings is 2. The van der Waals surface area contributed by atoms with E-state index in [1.54, 1.807) is 23.3 Å². The second-order valence-corrected chi connectivity index (χ2v) is 7.70. The number of hydrogen-bond donors (Lipinski definition) is 1. The first-order chi connectivity index (χ1) is 14.8. The van der Waals surface area contributed by atoms with Crippen molar-refractivity contribution in [3.05, 3.63) is 98.9 Å². The van der Waals surface area contributed by atoms with Crippen LogP contribution in [-0.2, 0) is 6.54 Å². The van der Waals surface area contributed by atoms with Crippen LogP contribution >= 0.6 is 11.3 Å². The molecule has 146 valence electrons. The standard InChI is InChI=1S/C23H17N5OS/c29-22-21(12-16-8-9-19-20(11-16)27-15-26-19)30-23(25-14-17-5-4-10-24-13-17)28(22)18-6-2-1-3-7-18/h1-13,15,29H,14H2. The number of thiazole rings is 1. The molecule has 1 aliphatic heterocycles. The molecule has 4 aromatic rings. The average Bonchev–Trinajstić information content (AvgIpc) is 3.38. The number of aromatic hydroxyl groups is 1. The summed E-state index contributed by atoms with van der Waals surface area (Å²) in [7, 11) is 0. The molecule has 0 bridgehead atoms. The van der Waals surface area contributed by atoms with E-state index in [-0.39, 0.29) is 5.88 Å². The number of para-hydroxylation sites is 1. The van der Waals surface area contributed by atoms with Crippen molar-refractivity contribution in [2.24, 2.45) is 15.0 Å². The average molecular weight is 411 g/mol. The quantitative estimate of drug-likeness (QED) is 0.561. The smallest absolute Gasteiger partial charge is 0.215 e. The number of aromatic nitrogens is 2. The summed E-state index contributed by atoms with van der Waals surface area (Å²) in [5.74, 6) is 0.157. The summed E-state index contributed by atoms with van der Waals surface area (Å²) in [6, 6.07) is 19.5. The molecule has 0 saturated carbocycles. The zero-order valence-electron chi connectivity index (χ0n) is 15.9. The zero-order chi connectivity index (χ0) is 20.3. The van der Waals surface area contributed by atoms with Gasteiger partial charge < -0.3 is 5.11 Å². The van der Waals surface area contributed by atoms with Crippen LogP contribution in [0.2, 0.25) is 0 Å². The molecule has 0 unspecified atom stereocenters. The summed E-state index contributed by atoms with van der Waals surface area (Å²) >= 11 is 1.44. The molecule has 0 amide bonds. The molecule has 0 atom stereocenters. The van der Waals surface area contributed by atoms with Crippen molar-refractivity contribution in [1.82, 2.24) is 9.55 Å². The minimum atomic E-state index is 0.157. The van der Waals surface area contributed by atoms with Gasteiger partial charge in [-0.3, -0.25) is 14.5 Å². The molecule has 5 rings (SSSR count). The maximum atomic E-state index is 11.0. The second-order valence-electron chi connectivity index (χ2n) is 6.69. The van der Waals surface area contributed by atoms with Crippen molar-refractivity contribution in [3.63, 3.8) is 0 Å². The SMILES string of the molecule is Oc1c(C=c2ccc3c(c2)N=CN=3)sc(=NCc2cccnc2)n1-c1ccccc1. The van der Waals surface area contributed by atoms with Gasteiger partial charge >= 0.3 is 0 Å². The maximum absolute atomic E-state index is 11.0. The normalized spacial score (nSPS) is 13.5. The first kappa shape index (κ1) is 18.2. The van der Waals surface area contributed by atoms with Gasteiger partial charge in [0.1, 0.15) is 6.34 Å². The summed E-state index contributed by atoms with van der Waals surface area (Å²) < 4.78 is 1.77. The van der Waals surface area contributed by atoms with Gasteiger partial charge in [0.25, 0.3) is 0 Å². The Morgan fingerprint density at radius 3 is 2.80 bits per heavy atom. The highest BCUT2D eigenvalue weighted by Crippen LogP contribution is 2.24. The van der Waals surface area contributed by atoms with Gasteiger partial charge in [0.05, 0.1) is 28.2 Å². The van der Waals surface area contributed by atoms with Gasteiger partial charge in [0, 0.05) is 12.4 Å². The first-order valence-corrected chi connectivity index (χ1v) is 10.2. The fourth-order valence-electron chi connectivity index (χ4n) is 3.20. The molecule has 0 saturated heterocycles. The molecular formula is C23H17N5OS. The van der Waals surface area contributed by atoms with Crippen LogP contribution in [0.25, 0.3) is 11.8 Å². The van der Waals surface area contributed by atoms with E-state index < -0.39 is 0 Å². The molecule has 0 aliphatic carbocycles. The lowest BCUT2D eigenvalue weighted by atomic mass is 10.2. The van der Waals surface area contributed by atoms with E-state index in [0.29, 0.717) is 11.3 Å². The van der Waals surface area contributed by atoms with Gasteiger partial charge in [-0.25, -0.2) is 9.98 Å². The lowest BCUT2D eigenvalue weighted by Crippen LogP contribution is -2.12. The van der Waals surface area contributed by atoms with Crippen molar-refractivity contribution < 1.29 is 5.11 Å². The van der Waals surface area contributed by atoms with Crippen LogP contribution in [0.4, 0.5) is 5.69 Å². The highest BCUT2D eigenvalue weighted by atomic mass is 32.1. The number of fused-ring (bicyclic) bond motifs is 1. The summed E-state index contributed by atoms with van der Waals surface area (Å²) in [4.78, 5) is 18.8. The Morgan fingerprint density at radius 1 is 1.07 bits per heavy atom. The van der Waals surface area contributed by atoms with E-state index in [4.69, 9.17) is 4.99 Å². The van der Waals surface area contributed by atoms with E-state index >= 15 is 0 Å². The van der Waals surface area contributed by atoms with Crippen molar-refractivity contribution in [2.45, 2.75) is 6.54 Å². The molecule has 0 fully saturated rings. The Hall–Kier alpha value is -3.84. The third-order valence-electron chi connectivity index (χ3n) is 4.65. The van der Waals surface area contributed by atoms with Crippen LogP contribution in [0.1, 0.15) is 10.4 Å². The van der Waals surface area contributed by atoms with Crippen molar-refractivity contribution in [2.75, 3.05) is 0 Å². The Labute approximate surface area is 176 Å². The first-order valence-electron chi connectivity index (χ1n) is 9.40. The summed E-state index contributed by atoms with van der Waals surface area (Å²) in [6.45, 7) is 0.481.